The van der Waals surface area contributed by atoms with Gasteiger partial charge >= 0.3 is 0 Å². The van der Waals surface area contributed by atoms with Gasteiger partial charge in [-0.05, 0) is 25.1 Å². The lowest BCUT2D eigenvalue weighted by Crippen LogP contribution is -2.14. The van der Waals surface area contributed by atoms with Crippen molar-refractivity contribution in [1.82, 2.24) is 0 Å². The fourth-order valence-electron chi connectivity index (χ4n) is 1.64. The van der Waals surface area contributed by atoms with Gasteiger partial charge in [-0.1, -0.05) is 23.8 Å². The fourth-order valence-corrected chi connectivity index (χ4v) is 1.64. The number of benzene rings is 1. The molecule has 0 saturated heterocycles. The normalized spacial score (nSPS) is 19.1. The SMILES string of the molecule is COc1cccc(OC2C=CC(C)=CC2)c1. The molecule has 1 aliphatic carbocycles. The van der Waals surface area contributed by atoms with E-state index in [-0.39, 0.29) is 6.10 Å². The highest BCUT2D eigenvalue weighted by molar-refractivity contribution is 5.33. The molecule has 1 aromatic carbocycles. The Morgan fingerprint density at radius 1 is 1.25 bits per heavy atom. The second-order valence-corrected chi connectivity index (χ2v) is 3.88. The molecule has 0 aliphatic heterocycles. The molecule has 1 unspecified atom stereocenters. The molecule has 0 spiro atoms. The minimum Gasteiger partial charge on any atom is -0.497 e. The molecular weight excluding hydrogens is 200 g/mol. The van der Waals surface area contributed by atoms with Gasteiger partial charge in [-0.2, -0.15) is 0 Å². The summed E-state index contributed by atoms with van der Waals surface area (Å²) in [5, 5.41) is 0. The molecule has 0 heterocycles. The number of methoxy groups -OCH3 is 1. The Bertz CT molecular complexity index is 418. The third-order valence-corrected chi connectivity index (χ3v) is 2.57. The van der Waals surface area contributed by atoms with Gasteiger partial charge in [-0.25, -0.2) is 0 Å². The van der Waals surface area contributed by atoms with Crippen LogP contribution in [0.3, 0.4) is 0 Å². The van der Waals surface area contributed by atoms with Crippen LogP contribution in [0.1, 0.15) is 13.3 Å². The van der Waals surface area contributed by atoms with Crippen molar-refractivity contribution in [2.24, 2.45) is 0 Å². The van der Waals surface area contributed by atoms with E-state index in [9.17, 15) is 0 Å². The molecule has 2 nitrogen and oxygen atoms in total. The molecule has 1 aliphatic rings. The summed E-state index contributed by atoms with van der Waals surface area (Å²) in [4.78, 5) is 0. The van der Waals surface area contributed by atoms with Crippen LogP contribution >= 0.6 is 0 Å². The molecule has 0 bridgehead atoms. The zero-order valence-corrected chi connectivity index (χ0v) is 9.64. The molecule has 2 heteroatoms. The summed E-state index contributed by atoms with van der Waals surface area (Å²) in [7, 11) is 1.66. The highest BCUT2D eigenvalue weighted by atomic mass is 16.5. The van der Waals surface area contributed by atoms with Crippen molar-refractivity contribution in [2.45, 2.75) is 19.4 Å². The zero-order chi connectivity index (χ0) is 11.4. The molecular formula is C14H16O2. The zero-order valence-electron chi connectivity index (χ0n) is 9.64. The summed E-state index contributed by atoms with van der Waals surface area (Å²) < 4.78 is 11.0. The Hall–Kier alpha value is -1.70. The second kappa shape index (κ2) is 4.88. The van der Waals surface area contributed by atoms with Crippen molar-refractivity contribution in [2.75, 3.05) is 7.11 Å². The molecule has 0 saturated carbocycles. The number of rotatable bonds is 3. The summed E-state index contributed by atoms with van der Waals surface area (Å²) in [6.45, 7) is 2.10. The van der Waals surface area contributed by atoms with E-state index in [1.54, 1.807) is 7.11 Å². The molecule has 16 heavy (non-hydrogen) atoms. The fraction of sp³-hybridized carbons (Fsp3) is 0.286. The van der Waals surface area contributed by atoms with Crippen LogP contribution in [0.5, 0.6) is 11.5 Å². The van der Waals surface area contributed by atoms with Crippen molar-refractivity contribution >= 4 is 0 Å². The van der Waals surface area contributed by atoms with E-state index in [0.29, 0.717) is 0 Å². The van der Waals surface area contributed by atoms with Gasteiger partial charge in [0.1, 0.15) is 17.6 Å². The summed E-state index contributed by atoms with van der Waals surface area (Å²) >= 11 is 0. The number of allylic oxidation sites excluding steroid dienone is 2. The van der Waals surface area contributed by atoms with E-state index in [2.05, 4.69) is 25.2 Å². The first-order valence-electron chi connectivity index (χ1n) is 5.43. The minimum absolute atomic E-state index is 0.135. The van der Waals surface area contributed by atoms with Crippen LogP contribution < -0.4 is 9.47 Å². The smallest absolute Gasteiger partial charge is 0.123 e. The van der Waals surface area contributed by atoms with Gasteiger partial charge in [-0.3, -0.25) is 0 Å². The van der Waals surface area contributed by atoms with E-state index in [1.165, 1.54) is 5.57 Å². The predicted molar refractivity (Wildman–Crippen MR) is 64.9 cm³/mol. The lowest BCUT2D eigenvalue weighted by atomic mass is 10.1. The minimum atomic E-state index is 0.135. The van der Waals surface area contributed by atoms with Crippen LogP contribution in [0, 0.1) is 0 Å². The molecule has 84 valence electrons. The summed E-state index contributed by atoms with van der Waals surface area (Å²) in [5.41, 5.74) is 1.30. The van der Waals surface area contributed by atoms with Gasteiger partial charge in [0.05, 0.1) is 7.11 Å². The van der Waals surface area contributed by atoms with E-state index in [1.807, 2.05) is 24.3 Å². The molecule has 0 aromatic heterocycles. The Morgan fingerprint density at radius 3 is 2.75 bits per heavy atom. The summed E-state index contributed by atoms with van der Waals surface area (Å²) in [6.07, 6.45) is 7.43. The van der Waals surface area contributed by atoms with Gasteiger partial charge < -0.3 is 9.47 Å². The monoisotopic (exact) mass is 216 g/mol. The Kier molecular flexibility index (Phi) is 3.30. The molecule has 0 amide bonds. The number of ether oxygens (including phenoxy) is 2. The van der Waals surface area contributed by atoms with Crippen LogP contribution in [-0.4, -0.2) is 13.2 Å². The average Bonchev–Trinajstić information content (AvgIpc) is 2.32. The van der Waals surface area contributed by atoms with Crippen LogP contribution in [-0.2, 0) is 0 Å². The third-order valence-electron chi connectivity index (χ3n) is 2.57. The van der Waals surface area contributed by atoms with Crippen LogP contribution in [0.15, 0.2) is 48.1 Å². The van der Waals surface area contributed by atoms with Gasteiger partial charge in [0.25, 0.3) is 0 Å². The van der Waals surface area contributed by atoms with E-state index in [4.69, 9.17) is 9.47 Å². The first-order valence-corrected chi connectivity index (χ1v) is 5.43. The van der Waals surface area contributed by atoms with E-state index >= 15 is 0 Å². The quantitative estimate of drug-likeness (QED) is 0.771. The van der Waals surface area contributed by atoms with Crippen molar-refractivity contribution in [3.05, 3.63) is 48.1 Å². The van der Waals surface area contributed by atoms with Crippen LogP contribution in [0.2, 0.25) is 0 Å². The summed E-state index contributed by atoms with van der Waals surface area (Å²) in [6, 6.07) is 7.69. The van der Waals surface area contributed by atoms with E-state index < -0.39 is 0 Å². The Labute approximate surface area is 96.2 Å². The third kappa shape index (κ3) is 2.66. The van der Waals surface area contributed by atoms with Gasteiger partial charge in [0.2, 0.25) is 0 Å². The lowest BCUT2D eigenvalue weighted by molar-refractivity contribution is 0.250. The maximum Gasteiger partial charge on any atom is 0.123 e. The maximum atomic E-state index is 5.83. The topological polar surface area (TPSA) is 18.5 Å². The molecule has 1 aromatic rings. The number of hydrogen-bond acceptors (Lipinski definition) is 2. The average molecular weight is 216 g/mol. The largest absolute Gasteiger partial charge is 0.497 e. The predicted octanol–water partition coefficient (Wildman–Crippen LogP) is 3.35. The first kappa shape index (κ1) is 10.8. The standard InChI is InChI=1S/C14H16O2/c1-11-6-8-12(9-7-11)16-14-5-3-4-13(10-14)15-2/h3-8,10,12H,9H2,1-2H3. The summed E-state index contributed by atoms with van der Waals surface area (Å²) in [5.74, 6) is 1.67. The lowest BCUT2D eigenvalue weighted by Gasteiger charge is -2.17. The van der Waals surface area contributed by atoms with Crippen molar-refractivity contribution in [3.8, 4) is 11.5 Å². The van der Waals surface area contributed by atoms with Crippen molar-refractivity contribution < 1.29 is 9.47 Å². The Balaban J connectivity index is 2.02. The number of hydrogen-bond donors (Lipinski definition) is 0. The van der Waals surface area contributed by atoms with E-state index in [0.717, 1.165) is 17.9 Å². The van der Waals surface area contributed by atoms with Crippen LogP contribution in [0.4, 0.5) is 0 Å². The van der Waals surface area contributed by atoms with Crippen molar-refractivity contribution in [1.29, 1.82) is 0 Å². The first-order chi connectivity index (χ1) is 7.78. The van der Waals surface area contributed by atoms with Crippen molar-refractivity contribution in [3.63, 3.8) is 0 Å². The maximum absolute atomic E-state index is 5.83. The van der Waals surface area contributed by atoms with Crippen LogP contribution in [0.25, 0.3) is 0 Å². The molecule has 2 rings (SSSR count). The van der Waals surface area contributed by atoms with Gasteiger partial charge in [0.15, 0.2) is 0 Å². The highest BCUT2D eigenvalue weighted by Gasteiger charge is 2.08. The highest BCUT2D eigenvalue weighted by Crippen LogP contribution is 2.22. The molecule has 1 atom stereocenters. The molecule has 0 radical (unpaired) electrons. The molecule has 0 N–H and O–H groups in total. The second-order valence-electron chi connectivity index (χ2n) is 3.88. The van der Waals surface area contributed by atoms with Gasteiger partial charge in [0, 0.05) is 12.5 Å². The Morgan fingerprint density at radius 2 is 2.06 bits per heavy atom. The molecule has 0 fully saturated rings. The van der Waals surface area contributed by atoms with Gasteiger partial charge in [-0.15, -0.1) is 0 Å².